The lowest BCUT2D eigenvalue weighted by molar-refractivity contribution is 0.122. The van der Waals surface area contributed by atoms with E-state index in [2.05, 4.69) is 42.2 Å². The maximum absolute atomic E-state index is 5.98. The van der Waals surface area contributed by atoms with E-state index in [-0.39, 0.29) is 0 Å². The van der Waals surface area contributed by atoms with Crippen molar-refractivity contribution in [2.45, 2.75) is 13.0 Å². The highest BCUT2D eigenvalue weighted by Crippen LogP contribution is 2.20. The molecule has 2 rings (SSSR count). The van der Waals surface area contributed by atoms with Crippen molar-refractivity contribution >= 4 is 11.4 Å². The monoisotopic (exact) mass is 248 g/mol. The van der Waals surface area contributed by atoms with E-state index in [9.17, 15) is 0 Å². The number of rotatable bonds is 3. The van der Waals surface area contributed by atoms with Gasteiger partial charge in [0.05, 0.1) is 11.4 Å². The van der Waals surface area contributed by atoms with Crippen LogP contribution in [0.2, 0.25) is 0 Å². The fraction of sp³-hybridized carbons (Fsp3) is 0.571. The summed E-state index contributed by atoms with van der Waals surface area (Å²) in [5.41, 5.74) is 9.10. The predicted molar refractivity (Wildman–Crippen MR) is 78.0 cm³/mol. The average Bonchev–Trinajstić information content (AvgIpc) is 2.34. The fourth-order valence-corrected chi connectivity index (χ4v) is 2.37. The zero-order valence-corrected chi connectivity index (χ0v) is 11.6. The normalized spacial score (nSPS) is 22.1. The quantitative estimate of drug-likeness (QED) is 0.790. The van der Waals surface area contributed by atoms with E-state index in [1.54, 1.807) is 0 Å². The zero-order valence-electron chi connectivity index (χ0n) is 11.6. The number of anilines is 2. The average molecular weight is 248 g/mol. The van der Waals surface area contributed by atoms with Gasteiger partial charge in [-0.05, 0) is 38.7 Å². The molecule has 4 heteroatoms. The number of benzene rings is 1. The highest BCUT2D eigenvalue weighted by Gasteiger charge is 2.21. The van der Waals surface area contributed by atoms with E-state index >= 15 is 0 Å². The zero-order chi connectivity index (χ0) is 13.1. The third-order valence-electron chi connectivity index (χ3n) is 3.72. The molecule has 1 atom stereocenters. The molecule has 18 heavy (non-hydrogen) atoms. The second-order valence-corrected chi connectivity index (χ2v) is 5.37. The molecule has 0 radical (unpaired) electrons. The molecule has 1 unspecified atom stereocenters. The molecule has 0 bridgehead atoms. The van der Waals surface area contributed by atoms with Crippen molar-refractivity contribution in [3.63, 3.8) is 0 Å². The second kappa shape index (κ2) is 5.59. The summed E-state index contributed by atoms with van der Waals surface area (Å²) in [4.78, 5) is 4.80. The van der Waals surface area contributed by atoms with Crippen LogP contribution in [0.25, 0.3) is 0 Å². The number of nitrogen functional groups attached to an aromatic ring is 1. The van der Waals surface area contributed by atoms with Crippen molar-refractivity contribution in [1.82, 2.24) is 9.80 Å². The minimum atomic E-state index is 0.545. The third-order valence-corrected chi connectivity index (χ3v) is 3.72. The number of hydrogen-bond acceptors (Lipinski definition) is 4. The topological polar surface area (TPSA) is 44.5 Å². The first kappa shape index (κ1) is 13.2. The Morgan fingerprint density at radius 3 is 2.89 bits per heavy atom. The van der Waals surface area contributed by atoms with Gasteiger partial charge in [0.25, 0.3) is 0 Å². The van der Waals surface area contributed by atoms with E-state index in [4.69, 9.17) is 5.73 Å². The number of likely N-dealkylation sites (N-methyl/N-ethyl adjacent to an activating group) is 2. The highest BCUT2D eigenvalue weighted by molar-refractivity contribution is 5.66. The molecule has 0 aliphatic carbocycles. The lowest BCUT2D eigenvalue weighted by Crippen LogP contribution is -2.52. The summed E-state index contributed by atoms with van der Waals surface area (Å²) in [5.74, 6) is 0. The Morgan fingerprint density at radius 1 is 1.33 bits per heavy atom. The maximum atomic E-state index is 5.98. The molecule has 1 aliphatic heterocycles. The van der Waals surface area contributed by atoms with E-state index < -0.39 is 0 Å². The van der Waals surface area contributed by atoms with Crippen LogP contribution in [-0.2, 0) is 0 Å². The van der Waals surface area contributed by atoms with Gasteiger partial charge in [-0.2, -0.15) is 0 Å². The van der Waals surface area contributed by atoms with Gasteiger partial charge >= 0.3 is 0 Å². The SMILES string of the molecule is Cc1ccc(N)c(NCC2CN(C)CCN2C)c1. The number of aryl methyl sites for hydroxylation is 1. The molecule has 0 aromatic heterocycles. The standard InChI is InChI=1S/C14H24N4/c1-11-4-5-13(15)14(8-11)16-9-12-10-17(2)6-7-18(12)3/h4-5,8,12,16H,6-7,9-10,15H2,1-3H3. The van der Waals surface area contributed by atoms with Crippen molar-refractivity contribution in [3.05, 3.63) is 23.8 Å². The molecule has 0 saturated carbocycles. The van der Waals surface area contributed by atoms with Gasteiger partial charge in [-0.3, -0.25) is 4.90 Å². The largest absolute Gasteiger partial charge is 0.397 e. The van der Waals surface area contributed by atoms with Crippen molar-refractivity contribution in [2.75, 3.05) is 51.3 Å². The van der Waals surface area contributed by atoms with Crippen LogP contribution in [-0.4, -0.2) is 56.1 Å². The molecule has 1 fully saturated rings. The molecular formula is C14H24N4. The summed E-state index contributed by atoms with van der Waals surface area (Å²) in [7, 11) is 4.37. The summed E-state index contributed by atoms with van der Waals surface area (Å²) < 4.78 is 0. The van der Waals surface area contributed by atoms with Crippen LogP contribution in [0, 0.1) is 6.92 Å². The number of nitrogens with one attached hydrogen (secondary N) is 1. The number of piperazine rings is 1. The Labute approximate surface area is 110 Å². The Bertz CT molecular complexity index is 405. The molecule has 100 valence electrons. The second-order valence-electron chi connectivity index (χ2n) is 5.37. The van der Waals surface area contributed by atoms with Crippen LogP contribution in [0.5, 0.6) is 0 Å². The smallest absolute Gasteiger partial charge is 0.0577 e. The number of nitrogens with zero attached hydrogens (tertiary/aromatic N) is 2. The molecule has 1 heterocycles. The Balaban J connectivity index is 1.96. The number of hydrogen-bond donors (Lipinski definition) is 2. The Morgan fingerprint density at radius 2 is 2.11 bits per heavy atom. The van der Waals surface area contributed by atoms with E-state index in [1.165, 1.54) is 5.56 Å². The first-order chi connectivity index (χ1) is 8.56. The van der Waals surface area contributed by atoms with E-state index in [1.807, 2.05) is 12.1 Å². The Hall–Kier alpha value is -1.26. The van der Waals surface area contributed by atoms with Gasteiger partial charge in [-0.25, -0.2) is 0 Å². The van der Waals surface area contributed by atoms with Crippen LogP contribution < -0.4 is 11.1 Å². The van der Waals surface area contributed by atoms with Crippen molar-refractivity contribution in [3.8, 4) is 0 Å². The minimum absolute atomic E-state index is 0.545. The van der Waals surface area contributed by atoms with Crippen LogP contribution >= 0.6 is 0 Å². The maximum Gasteiger partial charge on any atom is 0.0577 e. The van der Waals surface area contributed by atoms with Crippen LogP contribution in [0.15, 0.2) is 18.2 Å². The lowest BCUT2D eigenvalue weighted by Gasteiger charge is -2.38. The van der Waals surface area contributed by atoms with Gasteiger partial charge in [-0.15, -0.1) is 0 Å². The molecule has 1 saturated heterocycles. The summed E-state index contributed by atoms with van der Waals surface area (Å²) >= 11 is 0. The summed E-state index contributed by atoms with van der Waals surface area (Å²) in [5, 5.41) is 3.48. The summed E-state index contributed by atoms with van der Waals surface area (Å²) in [6.45, 7) is 6.42. The van der Waals surface area contributed by atoms with Gasteiger partial charge in [-0.1, -0.05) is 6.07 Å². The molecular weight excluding hydrogens is 224 g/mol. The van der Waals surface area contributed by atoms with E-state index in [0.29, 0.717) is 6.04 Å². The lowest BCUT2D eigenvalue weighted by atomic mass is 10.1. The minimum Gasteiger partial charge on any atom is -0.397 e. The van der Waals surface area contributed by atoms with Crippen molar-refractivity contribution in [1.29, 1.82) is 0 Å². The van der Waals surface area contributed by atoms with Gasteiger partial charge < -0.3 is 16.0 Å². The van der Waals surface area contributed by atoms with Crippen LogP contribution in [0.1, 0.15) is 5.56 Å². The van der Waals surface area contributed by atoms with Gasteiger partial charge in [0.2, 0.25) is 0 Å². The predicted octanol–water partition coefficient (Wildman–Crippen LogP) is 1.23. The molecule has 0 amide bonds. The van der Waals surface area contributed by atoms with Crippen LogP contribution in [0.3, 0.4) is 0 Å². The van der Waals surface area contributed by atoms with E-state index in [0.717, 1.165) is 37.6 Å². The molecule has 0 spiro atoms. The summed E-state index contributed by atoms with van der Waals surface area (Å²) in [6.07, 6.45) is 0. The molecule has 1 aliphatic rings. The third kappa shape index (κ3) is 3.15. The van der Waals surface area contributed by atoms with Crippen molar-refractivity contribution < 1.29 is 0 Å². The molecule has 1 aromatic carbocycles. The van der Waals surface area contributed by atoms with Gasteiger partial charge in [0.1, 0.15) is 0 Å². The summed E-state index contributed by atoms with van der Waals surface area (Å²) in [6, 6.07) is 6.67. The van der Waals surface area contributed by atoms with Gasteiger partial charge in [0.15, 0.2) is 0 Å². The van der Waals surface area contributed by atoms with Crippen molar-refractivity contribution in [2.24, 2.45) is 0 Å². The molecule has 4 nitrogen and oxygen atoms in total. The molecule has 1 aromatic rings. The first-order valence-electron chi connectivity index (χ1n) is 6.55. The highest BCUT2D eigenvalue weighted by atomic mass is 15.3. The van der Waals surface area contributed by atoms with Gasteiger partial charge in [0, 0.05) is 32.2 Å². The fourth-order valence-electron chi connectivity index (χ4n) is 2.37. The molecule has 3 N–H and O–H groups in total. The van der Waals surface area contributed by atoms with Crippen LogP contribution in [0.4, 0.5) is 11.4 Å². The first-order valence-corrected chi connectivity index (χ1v) is 6.55. The Kier molecular flexibility index (Phi) is 4.09. The number of nitrogens with two attached hydrogens (primary N) is 1.